The van der Waals surface area contributed by atoms with E-state index in [4.69, 9.17) is 5.11 Å². The van der Waals surface area contributed by atoms with Gasteiger partial charge in [-0.15, -0.1) is 0 Å². The van der Waals surface area contributed by atoms with Crippen molar-refractivity contribution in [2.45, 2.75) is 37.6 Å². The first kappa shape index (κ1) is 14.6. The standard InChI is InChI=1S/C16H18BrNO3/c17-11-4-1-9(2-5-11)13-8-14(13)15(19)18-12-6-3-10(7-12)16(20)21/h1-2,4-5,10,12-14H,3,6-8H2,(H,18,19)(H,20,21)/t10-,12+,13?,14?/m1/s1. The van der Waals surface area contributed by atoms with E-state index < -0.39 is 5.97 Å². The second-order valence-corrected chi connectivity index (χ2v) is 6.97. The number of hydrogen-bond acceptors (Lipinski definition) is 2. The molecule has 2 unspecified atom stereocenters. The van der Waals surface area contributed by atoms with Gasteiger partial charge in [-0.1, -0.05) is 28.1 Å². The molecule has 2 saturated carbocycles. The number of rotatable bonds is 4. The maximum absolute atomic E-state index is 12.2. The number of carboxylic acid groups (broad SMARTS) is 1. The van der Waals surface area contributed by atoms with Crippen LogP contribution in [0.2, 0.25) is 0 Å². The van der Waals surface area contributed by atoms with Crippen LogP contribution in [-0.4, -0.2) is 23.0 Å². The second kappa shape index (κ2) is 5.79. The van der Waals surface area contributed by atoms with Crippen LogP contribution in [0, 0.1) is 11.8 Å². The van der Waals surface area contributed by atoms with Crippen molar-refractivity contribution in [3.63, 3.8) is 0 Å². The number of halogens is 1. The first-order chi connectivity index (χ1) is 10.0. The largest absolute Gasteiger partial charge is 0.481 e. The van der Waals surface area contributed by atoms with Crippen LogP contribution in [-0.2, 0) is 9.59 Å². The Morgan fingerprint density at radius 2 is 1.86 bits per heavy atom. The zero-order valence-corrected chi connectivity index (χ0v) is 13.2. The highest BCUT2D eigenvalue weighted by atomic mass is 79.9. The van der Waals surface area contributed by atoms with Crippen molar-refractivity contribution >= 4 is 27.8 Å². The molecule has 0 bridgehead atoms. The van der Waals surface area contributed by atoms with Gasteiger partial charge in [-0.3, -0.25) is 9.59 Å². The fraction of sp³-hybridized carbons (Fsp3) is 0.500. The van der Waals surface area contributed by atoms with Gasteiger partial charge in [0, 0.05) is 16.4 Å². The van der Waals surface area contributed by atoms with E-state index in [1.54, 1.807) is 0 Å². The number of aliphatic carboxylic acids is 1. The highest BCUT2D eigenvalue weighted by Gasteiger charge is 2.44. The first-order valence-electron chi connectivity index (χ1n) is 7.33. The molecule has 4 nitrogen and oxygen atoms in total. The minimum Gasteiger partial charge on any atom is -0.481 e. The second-order valence-electron chi connectivity index (χ2n) is 6.05. The van der Waals surface area contributed by atoms with Gasteiger partial charge in [0.2, 0.25) is 5.91 Å². The monoisotopic (exact) mass is 351 g/mol. The Balaban J connectivity index is 1.52. The molecule has 1 aromatic rings. The number of carboxylic acids is 1. The number of carbonyl (C=O) groups excluding carboxylic acids is 1. The van der Waals surface area contributed by atoms with E-state index in [9.17, 15) is 9.59 Å². The predicted octanol–water partition coefficient (Wildman–Crippen LogP) is 2.92. The molecule has 21 heavy (non-hydrogen) atoms. The Hall–Kier alpha value is -1.36. The summed E-state index contributed by atoms with van der Waals surface area (Å²) in [6.45, 7) is 0. The molecule has 1 amide bonds. The average Bonchev–Trinajstić information content (AvgIpc) is 3.11. The van der Waals surface area contributed by atoms with Crippen LogP contribution in [0.5, 0.6) is 0 Å². The topological polar surface area (TPSA) is 66.4 Å². The SMILES string of the molecule is O=C(N[C@H]1CC[C@@H](C(=O)O)C1)C1CC1c1ccc(Br)cc1. The quantitative estimate of drug-likeness (QED) is 0.876. The predicted molar refractivity (Wildman–Crippen MR) is 81.9 cm³/mol. The van der Waals surface area contributed by atoms with E-state index in [0.29, 0.717) is 18.8 Å². The minimum atomic E-state index is -0.745. The Labute approximate surface area is 132 Å². The lowest BCUT2D eigenvalue weighted by Gasteiger charge is -2.12. The maximum Gasteiger partial charge on any atom is 0.306 e. The van der Waals surface area contributed by atoms with Crippen molar-refractivity contribution in [2.24, 2.45) is 11.8 Å². The van der Waals surface area contributed by atoms with Gasteiger partial charge in [0.05, 0.1) is 5.92 Å². The van der Waals surface area contributed by atoms with Crippen LogP contribution in [0.25, 0.3) is 0 Å². The van der Waals surface area contributed by atoms with Gasteiger partial charge in [0.1, 0.15) is 0 Å². The van der Waals surface area contributed by atoms with Crippen molar-refractivity contribution in [1.29, 1.82) is 0 Å². The Morgan fingerprint density at radius 1 is 1.14 bits per heavy atom. The molecule has 3 rings (SSSR count). The van der Waals surface area contributed by atoms with Gasteiger partial charge in [-0.05, 0) is 49.3 Å². The average molecular weight is 352 g/mol. The molecule has 0 aromatic heterocycles. The van der Waals surface area contributed by atoms with Crippen molar-refractivity contribution < 1.29 is 14.7 Å². The Kier molecular flexibility index (Phi) is 4.02. The van der Waals surface area contributed by atoms with Crippen LogP contribution >= 0.6 is 15.9 Å². The summed E-state index contributed by atoms with van der Waals surface area (Å²) in [6, 6.07) is 8.13. The molecule has 0 saturated heterocycles. The summed E-state index contributed by atoms with van der Waals surface area (Å²) in [5.74, 6) is -0.591. The van der Waals surface area contributed by atoms with E-state index in [1.807, 2.05) is 12.1 Å². The molecule has 2 aliphatic rings. The highest BCUT2D eigenvalue weighted by molar-refractivity contribution is 9.10. The van der Waals surface area contributed by atoms with Crippen LogP contribution in [0.3, 0.4) is 0 Å². The normalized spacial score (nSPS) is 30.9. The molecule has 2 N–H and O–H groups in total. The van der Waals surface area contributed by atoms with E-state index in [-0.39, 0.29) is 23.8 Å². The molecule has 0 radical (unpaired) electrons. The summed E-state index contributed by atoms with van der Waals surface area (Å²) in [4.78, 5) is 23.1. The number of nitrogens with one attached hydrogen (secondary N) is 1. The molecule has 0 spiro atoms. The molecule has 4 atom stereocenters. The maximum atomic E-state index is 12.2. The summed E-state index contributed by atoms with van der Waals surface area (Å²) < 4.78 is 1.04. The van der Waals surface area contributed by atoms with Crippen LogP contribution < -0.4 is 5.32 Å². The third kappa shape index (κ3) is 3.28. The third-order valence-corrected chi connectivity index (χ3v) is 5.08. The molecule has 112 valence electrons. The fourth-order valence-corrected chi connectivity index (χ4v) is 3.47. The van der Waals surface area contributed by atoms with Gasteiger partial charge in [0.15, 0.2) is 0 Å². The number of amides is 1. The lowest BCUT2D eigenvalue weighted by Crippen LogP contribution is -2.34. The smallest absolute Gasteiger partial charge is 0.306 e. The van der Waals surface area contributed by atoms with E-state index >= 15 is 0 Å². The van der Waals surface area contributed by atoms with Crippen molar-refractivity contribution in [3.8, 4) is 0 Å². The number of benzene rings is 1. The molecule has 2 fully saturated rings. The highest BCUT2D eigenvalue weighted by Crippen LogP contribution is 2.48. The minimum absolute atomic E-state index is 0.0322. The molecule has 1 aromatic carbocycles. The van der Waals surface area contributed by atoms with Gasteiger partial charge in [-0.25, -0.2) is 0 Å². The van der Waals surface area contributed by atoms with E-state index in [2.05, 4.69) is 33.4 Å². The molecule has 5 heteroatoms. The van der Waals surface area contributed by atoms with Crippen molar-refractivity contribution in [3.05, 3.63) is 34.3 Å². The molecular formula is C16H18BrNO3. The Bertz CT molecular complexity index is 557. The zero-order valence-electron chi connectivity index (χ0n) is 11.6. The number of hydrogen-bond donors (Lipinski definition) is 2. The summed E-state index contributed by atoms with van der Waals surface area (Å²) in [6.07, 6.45) is 2.90. The van der Waals surface area contributed by atoms with Gasteiger partial charge in [0.25, 0.3) is 0 Å². The van der Waals surface area contributed by atoms with Crippen molar-refractivity contribution in [2.75, 3.05) is 0 Å². The van der Waals surface area contributed by atoms with Crippen LogP contribution in [0.1, 0.15) is 37.2 Å². The van der Waals surface area contributed by atoms with Crippen LogP contribution in [0.15, 0.2) is 28.7 Å². The molecule has 2 aliphatic carbocycles. The Morgan fingerprint density at radius 3 is 2.48 bits per heavy atom. The van der Waals surface area contributed by atoms with E-state index in [1.165, 1.54) is 5.56 Å². The third-order valence-electron chi connectivity index (χ3n) is 4.55. The lowest BCUT2D eigenvalue weighted by molar-refractivity contribution is -0.141. The summed E-state index contributed by atoms with van der Waals surface area (Å²) in [5, 5.41) is 12.0. The number of carbonyl (C=O) groups is 2. The molecule has 0 aliphatic heterocycles. The zero-order chi connectivity index (χ0) is 15.0. The summed E-state index contributed by atoms with van der Waals surface area (Å²) in [5.41, 5.74) is 1.20. The fourth-order valence-electron chi connectivity index (χ4n) is 3.21. The summed E-state index contributed by atoms with van der Waals surface area (Å²) >= 11 is 3.41. The lowest BCUT2D eigenvalue weighted by atomic mass is 10.1. The van der Waals surface area contributed by atoms with Crippen LogP contribution in [0.4, 0.5) is 0 Å². The van der Waals surface area contributed by atoms with Gasteiger partial charge < -0.3 is 10.4 Å². The van der Waals surface area contributed by atoms with Gasteiger partial charge in [-0.2, -0.15) is 0 Å². The molecular weight excluding hydrogens is 334 g/mol. The van der Waals surface area contributed by atoms with E-state index in [0.717, 1.165) is 17.3 Å². The molecule has 0 heterocycles. The summed E-state index contributed by atoms with van der Waals surface area (Å²) in [7, 11) is 0. The van der Waals surface area contributed by atoms with Crippen molar-refractivity contribution in [1.82, 2.24) is 5.32 Å². The van der Waals surface area contributed by atoms with Gasteiger partial charge >= 0.3 is 5.97 Å². The first-order valence-corrected chi connectivity index (χ1v) is 8.12.